The first-order chi connectivity index (χ1) is 22.2. The molecule has 7 nitrogen and oxygen atoms in total. The van der Waals surface area contributed by atoms with Crippen LogP contribution >= 0.6 is 0 Å². The van der Waals surface area contributed by atoms with E-state index in [2.05, 4.69) is 48.8 Å². The number of amidine groups is 1. The van der Waals surface area contributed by atoms with Gasteiger partial charge in [-0.25, -0.2) is 9.79 Å². The van der Waals surface area contributed by atoms with Gasteiger partial charge in [-0.05, 0) is 81.8 Å². The predicted molar refractivity (Wildman–Crippen MR) is 186 cm³/mol. The maximum absolute atomic E-state index is 12.7. The first kappa shape index (κ1) is 34.1. The highest BCUT2D eigenvalue weighted by Crippen LogP contribution is 2.39. The summed E-state index contributed by atoms with van der Waals surface area (Å²) in [4.78, 5) is 22.4. The van der Waals surface area contributed by atoms with Gasteiger partial charge in [0.1, 0.15) is 12.4 Å². The molecule has 0 aromatic heterocycles. The molecule has 1 aromatic rings. The van der Waals surface area contributed by atoms with Crippen LogP contribution in [-0.4, -0.2) is 47.7 Å². The molecule has 1 aromatic carbocycles. The van der Waals surface area contributed by atoms with E-state index in [1.54, 1.807) is 0 Å². The van der Waals surface area contributed by atoms with Crippen molar-refractivity contribution in [3.05, 3.63) is 83.5 Å². The number of carbonyl (C=O) groups is 1. The first-order valence-electron chi connectivity index (χ1n) is 17.3. The molecule has 1 saturated carbocycles. The highest BCUT2D eigenvalue weighted by molar-refractivity contribution is 5.95. The number of aliphatic hydroxyl groups excluding tert-OH is 1. The third kappa shape index (κ3) is 9.85. The van der Waals surface area contributed by atoms with Crippen LogP contribution in [0, 0.1) is 29.6 Å². The molecule has 5 rings (SSSR count). The quantitative estimate of drug-likeness (QED) is 0.242. The zero-order valence-electron chi connectivity index (χ0n) is 28.1. The molecule has 5 atom stereocenters. The van der Waals surface area contributed by atoms with Crippen LogP contribution in [0.4, 0.5) is 4.79 Å². The summed E-state index contributed by atoms with van der Waals surface area (Å²) < 4.78 is 11.2. The molecule has 0 saturated heterocycles. The summed E-state index contributed by atoms with van der Waals surface area (Å²) in [5.41, 5.74) is 2.67. The lowest BCUT2D eigenvalue weighted by Gasteiger charge is -2.33. The molecular weight excluding hydrogens is 574 g/mol. The summed E-state index contributed by atoms with van der Waals surface area (Å²) in [5, 5.41) is 13.7. The molecule has 4 unspecified atom stereocenters. The number of aliphatic hydroxyl groups is 1. The van der Waals surface area contributed by atoms with Gasteiger partial charge in [-0.2, -0.15) is 0 Å². The number of nitrogens with one attached hydrogen (secondary N) is 1. The van der Waals surface area contributed by atoms with Gasteiger partial charge in [0.05, 0.1) is 18.2 Å². The van der Waals surface area contributed by atoms with E-state index >= 15 is 0 Å². The minimum absolute atomic E-state index is 0.109. The molecule has 2 N–H and O–H groups in total. The van der Waals surface area contributed by atoms with Crippen molar-refractivity contribution >= 4 is 18.1 Å². The third-order valence-corrected chi connectivity index (χ3v) is 9.80. The number of hydrogen-bond donors (Lipinski definition) is 2. The molecule has 248 valence electrons. The number of alkyl carbamates (subject to hydrolysis) is 1. The molecule has 1 heterocycles. The Kier molecular flexibility index (Phi) is 11.9. The average Bonchev–Trinajstić information content (AvgIpc) is 3.07. The highest BCUT2D eigenvalue weighted by Gasteiger charge is 2.30. The Labute approximate surface area is 275 Å². The number of allylic oxidation sites excluding steroid dienone is 5. The Bertz CT molecular complexity index is 1340. The molecule has 1 amide bonds. The van der Waals surface area contributed by atoms with Crippen LogP contribution in [0.5, 0.6) is 0 Å². The molecule has 3 aliphatic carbocycles. The number of benzene rings is 1. The lowest BCUT2D eigenvalue weighted by Crippen LogP contribution is -2.47. The minimum Gasteiger partial charge on any atom is -0.445 e. The molecular formula is C39H53N3O4. The molecule has 0 radical (unpaired) electrons. The number of nitrogens with zero attached hydrogens (tertiary/aromatic N) is 2. The van der Waals surface area contributed by atoms with Crippen molar-refractivity contribution in [3.8, 4) is 0 Å². The SMILES string of the molecule is CCC1CCC(C2C=CC(C3C=NC(C4C=CC(C[C@H](NC(=O)OCc5ccccc5)C(O)OC(C)(C)C)=CC4)=NC3)=CC2)CC1. The smallest absolute Gasteiger partial charge is 0.407 e. The Hall–Kier alpha value is -3.29. The number of ether oxygens (including phenoxy) is 2. The Morgan fingerprint density at radius 3 is 2.41 bits per heavy atom. The molecule has 46 heavy (non-hydrogen) atoms. The zero-order valence-corrected chi connectivity index (χ0v) is 28.1. The number of carbonyl (C=O) groups excluding carboxylic acids is 1. The van der Waals surface area contributed by atoms with E-state index in [9.17, 15) is 9.90 Å². The van der Waals surface area contributed by atoms with Crippen LogP contribution in [-0.2, 0) is 16.1 Å². The number of amides is 1. The van der Waals surface area contributed by atoms with Crippen molar-refractivity contribution in [3.63, 3.8) is 0 Å². The second kappa shape index (κ2) is 16.0. The summed E-state index contributed by atoms with van der Waals surface area (Å²) in [6, 6.07) is 8.83. The van der Waals surface area contributed by atoms with Gasteiger partial charge in [0.15, 0.2) is 6.29 Å². The van der Waals surface area contributed by atoms with Crippen LogP contribution in [0.25, 0.3) is 0 Å². The Balaban J connectivity index is 1.11. The maximum atomic E-state index is 12.7. The monoisotopic (exact) mass is 627 g/mol. The number of rotatable bonds is 11. The Morgan fingerprint density at radius 1 is 1.02 bits per heavy atom. The molecule has 7 heteroatoms. The van der Waals surface area contributed by atoms with Crippen molar-refractivity contribution in [2.24, 2.45) is 39.6 Å². The fourth-order valence-corrected chi connectivity index (χ4v) is 7.00. The standard InChI is InChI=1S/C39H53N3O4/c1-5-27-11-15-30(16-12-27)31-19-21-32(22-20-31)34-24-40-36(41-25-34)33-17-13-28(14-18-33)23-35(37(43)46-39(2,3)4)42-38(44)45-26-29-9-7-6-8-10-29/h6-10,13-14,17,19,21-22,24,27,30-31,33-35,37,43H,5,11-12,15-16,18,20,23,25-26H2,1-4H3,(H,42,44)/t27?,30?,31?,33?,34?,35-,37?/m0/s1. The van der Waals surface area contributed by atoms with Gasteiger partial charge in [0.2, 0.25) is 0 Å². The maximum Gasteiger partial charge on any atom is 0.407 e. The summed E-state index contributed by atoms with van der Waals surface area (Å²) >= 11 is 0. The van der Waals surface area contributed by atoms with E-state index in [0.717, 1.165) is 48.2 Å². The fraction of sp³-hybridized carbons (Fsp3) is 0.564. The van der Waals surface area contributed by atoms with E-state index in [4.69, 9.17) is 19.5 Å². The molecule has 0 bridgehead atoms. The van der Waals surface area contributed by atoms with Crippen LogP contribution in [0.2, 0.25) is 0 Å². The minimum atomic E-state index is -1.20. The van der Waals surface area contributed by atoms with Crippen LogP contribution in [0.15, 0.2) is 87.9 Å². The largest absolute Gasteiger partial charge is 0.445 e. The summed E-state index contributed by atoms with van der Waals surface area (Å²) in [7, 11) is 0. The number of aliphatic imine (C=N–C) groups is 2. The molecule has 1 aliphatic heterocycles. The van der Waals surface area contributed by atoms with Crippen LogP contribution in [0.1, 0.15) is 84.6 Å². The third-order valence-electron chi connectivity index (χ3n) is 9.80. The number of hydrogen-bond acceptors (Lipinski definition) is 6. The average molecular weight is 628 g/mol. The van der Waals surface area contributed by atoms with E-state index < -0.39 is 24.0 Å². The fourth-order valence-electron chi connectivity index (χ4n) is 7.00. The Morgan fingerprint density at radius 2 is 1.80 bits per heavy atom. The van der Waals surface area contributed by atoms with Gasteiger partial charge < -0.3 is 19.9 Å². The van der Waals surface area contributed by atoms with Gasteiger partial charge in [0, 0.05) is 18.1 Å². The van der Waals surface area contributed by atoms with Gasteiger partial charge in [-0.15, -0.1) is 0 Å². The van der Waals surface area contributed by atoms with E-state index in [1.165, 1.54) is 37.7 Å². The second-order valence-corrected chi connectivity index (χ2v) is 14.4. The second-order valence-electron chi connectivity index (χ2n) is 14.4. The van der Waals surface area contributed by atoms with Crippen LogP contribution in [0.3, 0.4) is 0 Å². The molecule has 0 spiro atoms. The zero-order chi connectivity index (χ0) is 32.5. The van der Waals surface area contributed by atoms with E-state index in [1.807, 2.05) is 57.2 Å². The van der Waals surface area contributed by atoms with E-state index in [0.29, 0.717) is 12.3 Å². The predicted octanol–water partition coefficient (Wildman–Crippen LogP) is 8.13. The van der Waals surface area contributed by atoms with Gasteiger partial charge in [-0.1, -0.05) is 98.5 Å². The van der Waals surface area contributed by atoms with Crippen molar-refractivity contribution < 1.29 is 19.4 Å². The summed E-state index contributed by atoms with van der Waals surface area (Å²) in [5.74, 6) is 3.68. The topological polar surface area (TPSA) is 92.5 Å². The normalized spacial score (nSPS) is 27.7. The van der Waals surface area contributed by atoms with Gasteiger partial charge in [-0.3, -0.25) is 4.99 Å². The van der Waals surface area contributed by atoms with Gasteiger partial charge >= 0.3 is 6.09 Å². The van der Waals surface area contributed by atoms with Gasteiger partial charge in [0.25, 0.3) is 0 Å². The molecule has 4 aliphatic rings. The lowest BCUT2D eigenvalue weighted by molar-refractivity contribution is -0.179. The van der Waals surface area contributed by atoms with Crippen molar-refractivity contribution in [1.82, 2.24) is 5.32 Å². The van der Waals surface area contributed by atoms with Crippen molar-refractivity contribution in [2.75, 3.05) is 6.54 Å². The highest BCUT2D eigenvalue weighted by atomic mass is 16.6. The first-order valence-corrected chi connectivity index (χ1v) is 17.3. The lowest BCUT2D eigenvalue weighted by atomic mass is 9.72. The van der Waals surface area contributed by atoms with E-state index in [-0.39, 0.29) is 18.4 Å². The summed E-state index contributed by atoms with van der Waals surface area (Å²) in [6.45, 7) is 8.83. The van der Waals surface area contributed by atoms with Crippen molar-refractivity contribution in [2.45, 2.75) is 104 Å². The summed E-state index contributed by atoms with van der Waals surface area (Å²) in [6.07, 6.45) is 23.0. The molecule has 1 fully saturated rings. The van der Waals surface area contributed by atoms with Crippen molar-refractivity contribution in [1.29, 1.82) is 0 Å². The van der Waals surface area contributed by atoms with Crippen LogP contribution < -0.4 is 5.32 Å².